The average Bonchev–Trinajstić information content (AvgIpc) is 3.12. The van der Waals surface area contributed by atoms with Gasteiger partial charge in [-0.3, -0.25) is 0 Å². The van der Waals surface area contributed by atoms with Crippen LogP contribution >= 0.6 is 11.6 Å². The molecule has 0 saturated heterocycles. The largest absolute Gasteiger partial charge is 0.497 e. The summed E-state index contributed by atoms with van der Waals surface area (Å²) in [5, 5.41) is 0.457. The molecule has 26 heavy (non-hydrogen) atoms. The number of benzene rings is 2. The smallest absolute Gasteiger partial charge is 0.240 e. The van der Waals surface area contributed by atoms with Crippen molar-refractivity contribution in [1.82, 2.24) is 4.72 Å². The zero-order chi connectivity index (χ0) is 18.8. The van der Waals surface area contributed by atoms with E-state index in [0.717, 1.165) is 37.0 Å². The van der Waals surface area contributed by atoms with Crippen LogP contribution in [0.25, 0.3) is 0 Å². The quantitative estimate of drug-likeness (QED) is 0.788. The Morgan fingerprint density at radius 3 is 2.38 bits per heavy atom. The molecule has 0 spiro atoms. The van der Waals surface area contributed by atoms with Crippen molar-refractivity contribution in [1.29, 1.82) is 0 Å². The molecule has 0 atom stereocenters. The average molecular weight is 394 g/mol. The molecular formula is C20H24ClNO3S. The van der Waals surface area contributed by atoms with Gasteiger partial charge < -0.3 is 4.74 Å². The summed E-state index contributed by atoms with van der Waals surface area (Å²) in [7, 11) is -1.98. The molecule has 0 amide bonds. The Kier molecular flexibility index (Phi) is 5.61. The lowest BCUT2D eigenvalue weighted by atomic mass is 9.79. The van der Waals surface area contributed by atoms with Crippen molar-refractivity contribution in [2.24, 2.45) is 0 Å². The van der Waals surface area contributed by atoms with E-state index in [4.69, 9.17) is 16.3 Å². The zero-order valence-corrected chi connectivity index (χ0v) is 16.7. The first-order valence-electron chi connectivity index (χ1n) is 8.77. The monoisotopic (exact) mass is 393 g/mol. The van der Waals surface area contributed by atoms with Crippen LogP contribution in [-0.2, 0) is 15.4 Å². The highest BCUT2D eigenvalue weighted by molar-refractivity contribution is 7.89. The Morgan fingerprint density at radius 1 is 1.12 bits per heavy atom. The van der Waals surface area contributed by atoms with E-state index in [1.807, 2.05) is 24.3 Å². The first kappa shape index (κ1) is 19.2. The van der Waals surface area contributed by atoms with Crippen LogP contribution in [0.2, 0.25) is 5.02 Å². The minimum atomic E-state index is -3.62. The van der Waals surface area contributed by atoms with Crippen LogP contribution < -0.4 is 9.46 Å². The second kappa shape index (κ2) is 7.59. The molecule has 1 fully saturated rings. The van der Waals surface area contributed by atoms with E-state index in [9.17, 15) is 8.42 Å². The topological polar surface area (TPSA) is 55.4 Å². The summed E-state index contributed by atoms with van der Waals surface area (Å²) >= 11 is 6.09. The Balaban J connectivity index is 1.85. The van der Waals surface area contributed by atoms with Crippen LogP contribution in [-0.4, -0.2) is 22.1 Å². The van der Waals surface area contributed by atoms with E-state index in [1.165, 1.54) is 0 Å². The first-order valence-corrected chi connectivity index (χ1v) is 10.6. The Bertz CT molecular complexity index is 872. The number of sulfonamides is 1. The molecule has 0 heterocycles. The third kappa shape index (κ3) is 3.75. The molecule has 0 aliphatic heterocycles. The van der Waals surface area contributed by atoms with E-state index in [-0.39, 0.29) is 10.3 Å². The minimum absolute atomic E-state index is 0.175. The molecule has 0 radical (unpaired) electrons. The molecule has 1 saturated carbocycles. The van der Waals surface area contributed by atoms with Crippen LogP contribution in [0, 0.1) is 6.92 Å². The van der Waals surface area contributed by atoms with E-state index in [2.05, 4.69) is 4.72 Å². The number of ether oxygens (including phenoxy) is 1. The summed E-state index contributed by atoms with van der Waals surface area (Å²) in [6.07, 6.45) is 4.14. The molecule has 140 valence electrons. The van der Waals surface area contributed by atoms with Crippen molar-refractivity contribution in [2.75, 3.05) is 13.7 Å². The van der Waals surface area contributed by atoms with Gasteiger partial charge in [-0.15, -0.1) is 0 Å². The van der Waals surface area contributed by atoms with E-state index >= 15 is 0 Å². The molecule has 4 nitrogen and oxygen atoms in total. The lowest BCUT2D eigenvalue weighted by molar-refractivity contribution is 0.410. The summed E-state index contributed by atoms with van der Waals surface area (Å²) in [5.41, 5.74) is 1.55. The standard InChI is InChI=1S/C20H24ClNO3S/c1-15-18(21)6-5-7-19(15)26(23,24)22-14-20(12-3-4-13-20)16-8-10-17(25-2)11-9-16/h5-11,22H,3-4,12-14H2,1-2H3. The summed E-state index contributed by atoms with van der Waals surface area (Å²) in [6, 6.07) is 12.9. The second-order valence-electron chi connectivity index (χ2n) is 6.90. The van der Waals surface area contributed by atoms with E-state index < -0.39 is 10.0 Å². The maximum Gasteiger partial charge on any atom is 0.240 e. The second-order valence-corrected chi connectivity index (χ2v) is 9.05. The number of halogens is 1. The zero-order valence-electron chi connectivity index (χ0n) is 15.1. The fourth-order valence-electron chi connectivity index (χ4n) is 3.75. The van der Waals surface area contributed by atoms with Crippen LogP contribution in [0.5, 0.6) is 5.75 Å². The van der Waals surface area contributed by atoms with Crippen LogP contribution in [0.3, 0.4) is 0 Å². The molecule has 1 aliphatic rings. The molecule has 0 bridgehead atoms. The van der Waals surface area contributed by atoms with Crippen molar-refractivity contribution in [3.63, 3.8) is 0 Å². The highest BCUT2D eigenvalue weighted by Crippen LogP contribution is 2.41. The highest BCUT2D eigenvalue weighted by atomic mass is 35.5. The predicted molar refractivity (Wildman–Crippen MR) is 105 cm³/mol. The van der Waals surface area contributed by atoms with Crippen molar-refractivity contribution < 1.29 is 13.2 Å². The normalized spacial score (nSPS) is 16.6. The van der Waals surface area contributed by atoms with Crippen molar-refractivity contribution in [3.05, 3.63) is 58.6 Å². The Morgan fingerprint density at radius 2 is 1.77 bits per heavy atom. The molecule has 0 aromatic heterocycles. The molecule has 2 aromatic carbocycles. The van der Waals surface area contributed by atoms with Gasteiger partial charge in [0.25, 0.3) is 0 Å². The first-order chi connectivity index (χ1) is 12.4. The summed E-state index contributed by atoms with van der Waals surface area (Å²) in [4.78, 5) is 0.243. The Labute approximate surface area is 160 Å². The van der Waals surface area contributed by atoms with Crippen molar-refractivity contribution in [3.8, 4) is 5.75 Å². The van der Waals surface area contributed by atoms with Gasteiger partial charge in [0.1, 0.15) is 5.75 Å². The van der Waals surface area contributed by atoms with Crippen LogP contribution in [0.1, 0.15) is 36.8 Å². The van der Waals surface area contributed by atoms with Crippen molar-refractivity contribution in [2.45, 2.75) is 42.9 Å². The van der Waals surface area contributed by atoms with Gasteiger partial charge in [0.2, 0.25) is 10.0 Å². The minimum Gasteiger partial charge on any atom is -0.497 e. The molecule has 0 unspecified atom stereocenters. The molecule has 2 aromatic rings. The highest BCUT2D eigenvalue weighted by Gasteiger charge is 2.37. The molecule has 1 aliphatic carbocycles. The number of methoxy groups -OCH3 is 1. The van der Waals surface area contributed by atoms with E-state index in [1.54, 1.807) is 32.2 Å². The molecule has 3 rings (SSSR count). The van der Waals surface area contributed by atoms with Crippen LogP contribution in [0.4, 0.5) is 0 Å². The lowest BCUT2D eigenvalue weighted by Gasteiger charge is -2.30. The third-order valence-corrected chi connectivity index (χ3v) is 7.33. The number of rotatable bonds is 6. The van der Waals surface area contributed by atoms with Gasteiger partial charge in [-0.05, 0) is 55.2 Å². The summed E-state index contributed by atoms with van der Waals surface area (Å²) in [6.45, 7) is 2.11. The summed E-state index contributed by atoms with van der Waals surface area (Å²) < 4.78 is 33.8. The van der Waals surface area contributed by atoms with E-state index in [0.29, 0.717) is 17.1 Å². The fourth-order valence-corrected chi connectivity index (χ4v) is 5.38. The van der Waals surface area contributed by atoms with Gasteiger partial charge in [0.05, 0.1) is 12.0 Å². The number of hydrogen-bond donors (Lipinski definition) is 1. The maximum absolute atomic E-state index is 12.8. The van der Waals surface area contributed by atoms with Gasteiger partial charge in [0, 0.05) is 17.0 Å². The molecule has 6 heteroatoms. The third-order valence-electron chi connectivity index (χ3n) is 5.37. The van der Waals surface area contributed by atoms with Crippen molar-refractivity contribution >= 4 is 21.6 Å². The maximum atomic E-state index is 12.8. The molecule has 1 N–H and O–H groups in total. The van der Waals surface area contributed by atoms with Gasteiger partial charge in [-0.2, -0.15) is 0 Å². The SMILES string of the molecule is COc1ccc(C2(CNS(=O)(=O)c3cccc(Cl)c3C)CCCC2)cc1. The fraction of sp³-hybridized carbons (Fsp3) is 0.400. The lowest BCUT2D eigenvalue weighted by Crippen LogP contribution is -2.39. The van der Waals surface area contributed by atoms with Gasteiger partial charge in [-0.1, -0.05) is 42.6 Å². The number of nitrogens with one attached hydrogen (secondary N) is 1. The van der Waals surface area contributed by atoms with Gasteiger partial charge >= 0.3 is 0 Å². The van der Waals surface area contributed by atoms with Crippen LogP contribution in [0.15, 0.2) is 47.4 Å². The predicted octanol–water partition coefficient (Wildman–Crippen LogP) is 4.45. The molecular weight excluding hydrogens is 370 g/mol. The van der Waals surface area contributed by atoms with Gasteiger partial charge in [0.15, 0.2) is 0 Å². The number of hydrogen-bond acceptors (Lipinski definition) is 3. The Hall–Kier alpha value is -1.56. The summed E-state index contributed by atoms with van der Waals surface area (Å²) in [5.74, 6) is 0.803. The van der Waals surface area contributed by atoms with Gasteiger partial charge in [-0.25, -0.2) is 13.1 Å².